The van der Waals surface area contributed by atoms with Crippen LogP contribution in [0.2, 0.25) is 5.02 Å². The van der Waals surface area contributed by atoms with Crippen molar-refractivity contribution in [1.82, 2.24) is 10.3 Å². The summed E-state index contributed by atoms with van der Waals surface area (Å²) >= 11 is 6.08. The number of anilines is 1. The molecule has 5 heteroatoms. The van der Waals surface area contributed by atoms with Crippen LogP contribution in [-0.4, -0.2) is 24.0 Å². The lowest BCUT2D eigenvalue weighted by molar-refractivity contribution is 0.0951. The molecule has 0 atom stereocenters. The van der Waals surface area contributed by atoms with Crippen molar-refractivity contribution in [3.8, 4) is 0 Å². The molecular weight excluding hydrogens is 286 g/mol. The Labute approximate surface area is 131 Å². The molecule has 1 aromatic rings. The molecule has 1 heterocycles. The molecule has 0 spiro atoms. The van der Waals surface area contributed by atoms with Crippen LogP contribution in [0.4, 0.5) is 5.82 Å². The lowest BCUT2D eigenvalue weighted by Crippen LogP contribution is -2.26. The van der Waals surface area contributed by atoms with Crippen LogP contribution in [0.1, 0.15) is 55.8 Å². The second kappa shape index (κ2) is 8.23. The summed E-state index contributed by atoms with van der Waals surface area (Å²) in [6.07, 6.45) is 8.88. The molecule has 0 unspecified atom stereocenters. The number of carbonyl (C=O) groups excluding carboxylic acids is 1. The molecule has 1 fully saturated rings. The Balaban J connectivity index is 1.87. The van der Waals surface area contributed by atoms with Gasteiger partial charge in [-0.2, -0.15) is 0 Å². The molecule has 0 radical (unpaired) electrons. The van der Waals surface area contributed by atoms with Crippen molar-refractivity contribution in [3.63, 3.8) is 0 Å². The summed E-state index contributed by atoms with van der Waals surface area (Å²) in [6, 6.07) is 1.73. The number of carbonyl (C=O) groups is 1. The standard InChI is InChI=1S/C16H24ClN3O/c1-2-8-18-15-10-13(14(17)11-20-15)16(21)19-9-7-12-5-3-4-6-12/h10-12H,2-9H2,1H3,(H,18,20)(H,19,21). The molecule has 0 saturated heterocycles. The fourth-order valence-electron chi connectivity index (χ4n) is 2.75. The van der Waals surface area contributed by atoms with Gasteiger partial charge in [-0.1, -0.05) is 44.2 Å². The minimum Gasteiger partial charge on any atom is -0.370 e. The molecule has 1 aliphatic rings. The van der Waals surface area contributed by atoms with E-state index in [1.807, 2.05) is 0 Å². The summed E-state index contributed by atoms with van der Waals surface area (Å²) < 4.78 is 0. The number of halogens is 1. The van der Waals surface area contributed by atoms with Crippen LogP contribution in [0.5, 0.6) is 0 Å². The smallest absolute Gasteiger partial charge is 0.252 e. The van der Waals surface area contributed by atoms with Crippen molar-refractivity contribution < 1.29 is 4.79 Å². The van der Waals surface area contributed by atoms with Crippen molar-refractivity contribution in [3.05, 3.63) is 22.8 Å². The minimum atomic E-state index is -0.111. The lowest BCUT2D eigenvalue weighted by Gasteiger charge is -2.11. The Hall–Kier alpha value is -1.29. The number of amides is 1. The average molecular weight is 310 g/mol. The molecule has 1 amide bonds. The molecule has 1 saturated carbocycles. The highest BCUT2D eigenvalue weighted by Gasteiger charge is 2.16. The molecule has 1 aliphatic carbocycles. The first-order valence-electron chi connectivity index (χ1n) is 7.88. The third kappa shape index (κ3) is 4.88. The van der Waals surface area contributed by atoms with E-state index in [2.05, 4.69) is 22.5 Å². The van der Waals surface area contributed by atoms with E-state index in [9.17, 15) is 4.79 Å². The van der Waals surface area contributed by atoms with Crippen molar-refractivity contribution in [1.29, 1.82) is 0 Å². The van der Waals surface area contributed by atoms with Crippen molar-refractivity contribution in [2.24, 2.45) is 5.92 Å². The molecule has 21 heavy (non-hydrogen) atoms. The van der Waals surface area contributed by atoms with Gasteiger partial charge in [0, 0.05) is 19.3 Å². The maximum atomic E-state index is 12.2. The number of rotatable bonds is 7. The predicted octanol–water partition coefficient (Wildman–Crippen LogP) is 3.87. The van der Waals surface area contributed by atoms with Gasteiger partial charge in [0.2, 0.25) is 0 Å². The van der Waals surface area contributed by atoms with E-state index in [1.165, 1.54) is 31.9 Å². The van der Waals surface area contributed by atoms with Gasteiger partial charge in [0.05, 0.1) is 10.6 Å². The summed E-state index contributed by atoms with van der Waals surface area (Å²) in [5, 5.41) is 6.54. The molecule has 4 nitrogen and oxygen atoms in total. The van der Waals surface area contributed by atoms with E-state index in [0.717, 1.165) is 31.8 Å². The zero-order valence-corrected chi connectivity index (χ0v) is 13.4. The Morgan fingerprint density at radius 3 is 2.86 bits per heavy atom. The first-order valence-corrected chi connectivity index (χ1v) is 8.26. The van der Waals surface area contributed by atoms with Crippen LogP contribution in [0, 0.1) is 5.92 Å². The molecule has 1 aromatic heterocycles. The van der Waals surface area contributed by atoms with Crippen LogP contribution in [0.3, 0.4) is 0 Å². The van der Waals surface area contributed by atoms with Crippen molar-refractivity contribution in [2.75, 3.05) is 18.4 Å². The third-order valence-corrected chi connectivity index (χ3v) is 4.27. The highest BCUT2D eigenvalue weighted by Crippen LogP contribution is 2.27. The average Bonchev–Trinajstić information content (AvgIpc) is 2.99. The molecule has 0 bridgehead atoms. The highest BCUT2D eigenvalue weighted by molar-refractivity contribution is 6.33. The summed E-state index contributed by atoms with van der Waals surface area (Å²) in [6.45, 7) is 3.64. The Bertz CT molecular complexity index is 473. The third-order valence-electron chi connectivity index (χ3n) is 3.97. The van der Waals surface area contributed by atoms with Crippen LogP contribution < -0.4 is 10.6 Å². The first kappa shape index (κ1) is 16.1. The van der Waals surface area contributed by atoms with Crippen LogP contribution >= 0.6 is 11.6 Å². The van der Waals surface area contributed by atoms with Gasteiger partial charge in [-0.3, -0.25) is 4.79 Å². The highest BCUT2D eigenvalue weighted by atomic mass is 35.5. The van der Waals surface area contributed by atoms with Gasteiger partial charge >= 0.3 is 0 Å². The van der Waals surface area contributed by atoms with Crippen molar-refractivity contribution in [2.45, 2.75) is 45.4 Å². The summed E-state index contributed by atoms with van der Waals surface area (Å²) in [4.78, 5) is 16.4. The zero-order valence-electron chi connectivity index (χ0n) is 12.6. The van der Waals surface area contributed by atoms with Gasteiger partial charge in [0.25, 0.3) is 5.91 Å². The van der Waals surface area contributed by atoms with Crippen molar-refractivity contribution >= 4 is 23.3 Å². The summed E-state index contributed by atoms with van der Waals surface area (Å²) in [7, 11) is 0. The molecule has 116 valence electrons. The SMILES string of the molecule is CCCNc1cc(C(=O)NCCC2CCCC2)c(Cl)cn1. The number of nitrogens with zero attached hydrogens (tertiary/aromatic N) is 1. The van der Waals surface area contributed by atoms with E-state index in [0.29, 0.717) is 16.4 Å². The Morgan fingerprint density at radius 2 is 2.14 bits per heavy atom. The van der Waals surface area contributed by atoms with E-state index >= 15 is 0 Å². The van der Waals surface area contributed by atoms with E-state index in [-0.39, 0.29) is 5.91 Å². The predicted molar refractivity (Wildman–Crippen MR) is 86.9 cm³/mol. The van der Waals surface area contributed by atoms with Gasteiger partial charge in [-0.25, -0.2) is 4.98 Å². The summed E-state index contributed by atoms with van der Waals surface area (Å²) in [5.41, 5.74) is 0.497. The van der Waals surface area contributed by atoms with Crippen LogP contribution in [-0.2, 0) is 0 Å². The van der Waals surface area contributed by atoms with Gasteiger partial charge in [0.1, 0.15) is 5.82 Å². The second-order valence-electron chi connectivity index (χ2n) is 5.67. The summed E-state index contributed by atoms with van der Waals surface area (Å²) in [5.74, 6) is 1.36. The van der Waals surface area contributed by atoms with Gasteiger partial charge in [-0.05, 0) is 24.8 Å². The number of hydrogen-bond acceptors (Lipinski definition) is 3. The number of pyridine rings is 1. The number of nitrogens with one attached hydrogen (secondary N) is 2. The van der Waals surface area contributed by atoms with Gasteiger partial charge < -0.3 is 10.6 Å². The maximum absolute atomic E-state index is 12.2. The van der Waals surface area contributed by atoms with E-state index in [1.54, 1.807) is 6.07 Å². The fourth-order valence-corrected chi connectivity index (χ4v) is 2.94. The topological polar surface area (TPSA) is 54.0 Å². The van der Waals surface area contributed by atoms with E-state index in [4.69, 9.17) is 11.6 Å². The Morgan fingerprint density at radius 1 is 1.38 bits per heavy atom. The second-order valence-corrected chi connectivity index (χ2v) is 6.08. The van der Waals surface area contributed by atoms with Gasteiger partial charge in [0.15, 0.2) is 0 Å². The molecule has 2 rings (SSSR count). The fraction of sp³-hybridized carbons (Fsp3) is 0.625. The largest absolute Gasteiger partial charge is 0.370 e. The quantitative estimate of drug-likeness (QED) is 0.804. The molecule has 0 aliphatic heterocycles. The maximum Gasteiger partial charge on any atom is 0.252 e. The monoisotopic (exact) mass is 309 g/mol. The zero-order chi connectivity index (χ0) is 15.1. The molecule has 0 aromatic carbocycles. The normalized spacial score (nSPS) is 15.1. The van der Waals surface area contributed by atoms with E-state index < -0.39 is 0 Å². The first-order chi connectivity index (χ1) is 10.2. The number of hydrogen-bond donors (Lipinski definition) is 2. The molecular formula is C16H24ClN3O. The minimum absolute atomic E-state index is 0.111. The van der Waals surface area contributed by atoms with Crippen LogP contribution in [0.25, 0.3) is 0 Å². The van der Waals surface area contributed by atoms with Crippen LogP contribution in [0.15, 0.2) is 12.3 Å². The Kier molecular flexibility index (Phi) is 6.30. The van der Waals surface area contributed by atoms with Gasteiger partial charge in [-0.15, -0.1) is 0 Å². The number of aromatic nitrogens is 1. The molecule has 2 N–H and O–H groups in total. The lowest BCUT2D eigenvalue weighted by atomic mass is 10.0.